The van der Waals surface area contributed by atoms with Gasteiger partial charge in [-0.15, -0.1) is 0 Å². The highest BCUT2D eigenvalue weighted by atomic mass is 16.5. The first kappa shape index (κ1) is 16.2. The van der Waals surface area contributed by atoms with E-state index in [0.717, 1.165) is 44.6 Å². The number of nitrogens with zero attached hydrogens (tertiary/aromatic N) is 2. The third-order valence-corrected chi connectivity index (χ3v) is 5.97. The van der Waals surface area contributed by atoms with E-state index in [1.165, 1.54) is 11.1 Å². The van der Waals surface area contributed by atoms with E-state index in [1.807, 2.05) is 17.0 Å². The average Bonchev–Trinajstić information content (AvgIpc) is 3.19. The van der Waals surface area contributed by atoms with Crippen LogP contribution in [0.1, 0.15) is 34.5 Å². The van der Waals surface area contributed by atoms with Gasteiger partial charge in [0.25, 0.3) is 5.91 Å². The molecule has 1 spiro atoms. The van der Waals surface area contributed by atoms with Gasteiger partial charge in [0.15, 0.2) is 0 Å². The van der Waals surface area contributed by atoms with Crippen molar-refractivity contribution in [1.82, 2.24) is 14.8 Å². The van der Waals surface area contributed by atoms with Gasteiger partial charge in [-0.3, -0.25) is 9.69 Å². The summed E-state index contributed by atoms with van der Waals surface area (Å²) in [6, 6.07) is 10.2. The van der Waals surface area contributed by atoms with E-state index >= 15 is 0 Å². The first-order chi connectivity index (χ1) is 12.1. The van der Waals surface area contributed by atoms with Crippen molar-refractivity contribution < 1.29 is 9.53 Å². The molecule has 0 radical (unpaired) electrons. The SMILES string of the molecule is COc1ccc2c(c1)C1(CCN(C(=O)c3ccc[nH]3)CC1)N(C)CC2. The molecule has 0 atom stereocenters. The number of likely N-dealkylation sites (tertiary alicyclic amines) is 1. The minimum atomic E-state index is 0.00857. The average molecular weight is 339 g/mol. The number of nitrogens with one attached hydrogen (secondary N) is 1. The number of H-pyrrole nitrogens is 1. The highest BCUT2D eigenvalue weighted by Gasteiger charge is 2.44. The molecule has 1 N–H and O–H groups in total. The lowest BCUT2D eigenvalue weighted by Crippen LogP contribution is -2.55. The van der Waals surface area contributed by atoms with Gasteiger partial charge in [-0.25, -0.2) is 0 Å². The Morgan fingerprint density at radius 3 is 2.68 bits per heavy atom. The Kier molecular flexibility index (Phi) is 4.04. The molecule has 132 valence electrons. The summed E-state index contributed by atoms with van der Waals surface area (Å²) < 4.78 is 5.47. The van der Waals surface area contributed by atoms with E-state index in [9.17, 15) is 4.79 Å². The highest BCUT2D eigenvalue weighted by Crippen LogP contribution is 2.44. The van der Waals surface area contributed by atoms with Crippen LogP contribution in [0.3, 0.4) is 0 Å². The third-order valence-electron chi connectivity index (χ3n) is 5.97. The number of aromatic nitrogens is 1. The van der Waals surface area contributed by atoms with Gasteiger partial charge in [-0.1, -0.05) is 6.07 Å². The number of methoxy groups -OCH3 is 1. The second-order valence-electron chi connectivity index (χ2n) is 7.10. The summed E-state index contributed by atoms with van der Waals surface area (Å²) in [5.74, 6) is 1.02. The van der Waals surface area contributed by atoms with Crippen LogP contribution in [-0.4, -0.2) is 54.5 Å². The van der Waals surface area contributed by atoms with Crippen molar-refractivity contribution in [3.05, 3.63) is 53.3 Å². The lowest BCUT2D eigenvalue weighted by molar-refractivity contribution is 0.0247. The quantitative estimate of drug-likeness (QED) is 0.915. The minimum Gasteiger partial charge on any atom is -0.497 e. The molecule has 5 heteroatoms. The molecule has 1 aromatic heterocycles. The van der Waals surface area contributed by atoms with Crippen molar-refractivity contribution in [1.29, 1.82) is 0 Å². The molecule has 1 fully saturated rings. The molecule has 1 amide bonds. The lowest BCUT2D eigenvalue weighted by atomic mass is 9.74. The van der Waals surface area contributed by atoms with Crippen molar-refractivity contribution >= 4 is 5.91 Å². The molecule has 3 heterocycles. The molecule has 1 saturated heterocycles. The Balaban J connectivity index is 1.60. The molecule has 1 aromatic carbocycles. The summed E-state index contributed by atoms with van der Waals surface area (Å²) >= 11 is 0. The lowest BCUT2D eigenvalue weighted by Gasteiger charge is -2.51. The van der Waals surface area contributed by atoms with Crippen molar-refractivity contribution in [3.8, 4) is 5.75 Å². The van der Waals surface area contributed by atoms with Gasteiger partial charge in [-0.05, 0) is 61.7 Å². The van der Waals surface area contributed by atoms with Crippen molar-refractivity contribution in [2.24, 2.45) is 0 Å². The standard InChI is InChI=1S/C20H25N3O2/c1-22-11-7-15-5-6-16(25-2)14-17(15)20(22)8-12-23(13-9-20)19(24)18-4-3-10-21-18/h3-6,10,14,21H,7-9,11-13H2,1-2H3. The van der Waals surface area contributed by atoms with Gasteiger partial charge in [0.2, 0.25) is 0 Å². The number of amides is 1. The first-order valence-corrected chi connectivity index (χ1v) is 8.95. The molecule has 25 heavy (non-hydrogen) atoms. The number of piperidine rings is 1. The molecule has 2 aromatic rings. The van der Waals surface area contributed by atoms with Gasteiger partial charge in [-0.2, -0.15) is 0 Å². The van der Waals surface area contributed by atoms with Crippen LogP contribution < -0.4 is 4.74 Å². The van der Waals surface area contributed by atoms with Gasteiger partial charge in [0.1, 0.15) is 11.4 Å². The van der Waals surface area contributed by atoms with Gasteiger partial charge >= 0.3 is 0 Å². The van der Waals surface area contributed by atoms with E-state index in [4.69, 9.17) is 4.74 Å². The fourth-order valence-corrected chi connectivity index (χ4v) is 4.41. The zero-order valence-electron chi connectivity index (χ0n) is 14.9. The zero-order valence-corrected chi connectivity index (χ0v) is 14.9. The monoisotopic (exact) mass is 339 g/mol. The van der Waals surface area contributed by atoms with Crippen molar-refractivity contribution in [2.75, 3.05) is 33.8 Å². The van der Waals surface area contributed by atoms with E-state index < -0.39 is 0 Å². The Morgan fingerprint density at radius 2 is 2.00 bits per heavy atom. The van der Waals surface area contributed by atoms with E-state index in [2.05, 4.69) is 35.1 Å². The molecule has 0 bridgehead atoms. The number of ether oxygens (including phenoxy) is 1. The second-order valence-corrected chi connectivity index (χ2v) is 7.10. The Hall–Kier alpha value is -2.27. The van der Waals surface area contributed by atoms with Crippen LogP contribution in [0.2, 0.25) is 0 Å². The van der Waals surface area contributed by atoms with Crippen LogP contribution in [0, 0.1) is 0 Å². The number of carbonyl (C=O) groups is 1. The molecule has 5 nitrogen and oxygen atoms in total. The molecular weight excluding hydrogens is 314 g/mol. The molecule has 4 rings (SSSR count). The number of aromatic amines is 1. The summed E-state index contributed by atoms with van der Waals surface area (Å²) in [4.78, 5) is 20.1. The molecule has 0 unspecified atom stereocenters. The maximum atomic E-state index is 12.6. The Morgan fingerprint density at radius 1 is 1.20 bits per heavy atom. The van der Waals surface area contributed by atoms with E-state index in [-0.39, 0.29) is 11.4 Å². The van der Waals surface area contributed by atoms with E-state index in [1.54, 1.807) is 13.3 Å². The maximum Gasteiger partial charge on any atom is 0.270 e. The Bertz CT molecular complexity index is 761. The fourth-order valence-electron chi connectivity index (χ4n) is 4.41. The molecule has 2 aliphatic heterocycles. The van der Waals surface area contributed by atoms with Crippen molar-refractivity contribution in [3.63, 3.8) is 0 Å². The molecule has 0 saturated carbocycles. The topological polar surface area (TPSA) is 48.6 Å². The van der Waals surface area contributed by atoms with Gasteiger partial charge < -0.3 is 14.6 Å². The third kappa shape index (κ3) is 2.63. The van der Waals surface area contributed by atoms with Crippen LogP contribution in [0.25, 0.3) is 0 Å². The van der Waals surface area contributed by atoms with Crippen LogP contribution in [-0.2, 0) is 12.0 Å². The van der Waals surface area contributed by atoms with E-state index in [0.29, 0.717) is 5.69 Å². The number of likely N-dealkylation sites (N-methyl/N-ethyl adjacent to an activating group) is 1. The number of hydrogen-bond acceptors (Lipinski definition) is 3. The van der Waals surface area contributed by atoms with Crippen LogP contribution in [0.4, 0.5) is 0 Å². The van der Waals surface area contributed by atoms with Gasteiger partial charge in [0, 0.05) is 31.4 Å². The predicted octanol–water partition coefficient (Wildman–Crippen LogP) is 2.64. The van der Waals surface area contributed by atoms with Gasteiger partial charge in [0.05, 0.1) is 7.11 Å². The Labute approximate surface area is 148 Å². The van der Waals surface area contributed by atoms with Crippen LogP contribution in [0.15, 0.2) is 36.5 Å². The maximum absolute atomic E-state index is 12.6. The zero-order chi connectivity index (χ0) is 17.4. The molecular formula is C20H25N3O2. The second kappa shape index (κ2) is 6.23. The number of benzene rings is 1. The smallest absolute Gasteiger partial charge is 0.270 e. The van der Waals surface area contributed by atoms with Crippen LogP contribution in [0.5, 0.6) is 5.75 Å². The van der Waals surface area contributed by atoms with Crippen molar-refractivity contribution in [2.45, 2.75) is 24.8 Å². The number of hydrogen-bond donors (Lipinski definition) is 1. The molecule has 0 aliphatic carbocycles. The fraction of sp³-hybridized carbons (Fsp3) is 0.450. The number of fused-ring (bicyclic) bond motifs is 2. The summed E-state index contributed by atoms with van der Waals surface area (Å²) in [5.41, 5.74) is 3.49. The normalized spacial score (nSPS) is 19.7. The summed E-state index contributed by atoms with van der Waals surface area (Å²) in [7, 11) is 3.93. The predicted molar refractivity (Wildman–Crippen MR) is 96.9 cm³/mol. The number of carbonyl (C=O) groups excluding carboxylic acids is 1. The highest BCUT2D eigenvalue weighted by molar-refractivity contribution is 5.92. The largest absolute Gasteiger partial charge is 0.497 e. The summed E-state index contributed by atoms with van der Waals surface area (Å²) in [6.45, 7) is 2.61. The summed E-state index contributed by atoms with van der Waals surface area (Å²) in [5, 5.41) is 0. The number of rotatable bonds is 2. The first-order valence-electron chi connectivity index (χ1n) is 8.95. The van der Waals surface area contributed by atoms with Crippen LogP contribution >= 0.6 is 0 Å². The summed E-state index contributed by atoms with van der Waals surface area (Å²) in [6.07, 6.45) is 4.78. The minimum absolute atomic E-state index is 0.00857. The molecule has 2 aliphatic rings.